The van der Waals surface area contributed by atoms with Gasteiger partial charge in [-0.25, -0.2) is 0 Å². The average molecular weight is 367 g/mol. The van der Waals surface area contributed by atoms with Crippen molar-refractivity contribution < 1.29 is 19.2 Å². The molecule has 0 radical (unpaired) electrons. The van der Waals surface area contributed by atoms with E-state index in [4.69, 9.17) is 9.47 Å². The van der Waals surface area contributed by atoms with Gasteiger partial charge in [0.25, 0.3) is 0 Å². The van der Waals surface area contributed by atoms with Crippen molar-refractivity contribution in [3.63, 3.8) is 0 Å². The molecule has 3 rings (SSSR count). The standard InChI is InChI=1S/C22H26N2O3/c1-26-21-9-6-18(7-10-21)8-11-22(25)23-16-19-4-2-3-5-20(19)17-24-12-14-27-15-13-24/h2-11H,12-17H2,1H3,(H,23,25)/p+1/b11-8+. The van der Waals surface area contributed by atoms with Gasteiger partial charge >= 0.3 is 0 Å². The second kappa shape index (κ2) is 9.90. The van der Waals surface area contributed by atoms with Crippen molar-refractivity contribution >= 4 is 12.0 Å². The molecule has 1 fully saturated rings. The van der Waals surface area contributed by atoms with E-state index in [2.05, 4.69) is 23.5 Å². The number of nitrogens with one attached hydrogen (secondary N) is 2. The van der Waals surface area contributed by atoms with Crippen LogP contribution in [0.5, 0.6) is 5.75 Å². The van der Waals surface area contributed by atoms with E-state index >= 15 is 0 Å². The summed E-state index contributed by atoms with van der Waals surface area (Å²) in [6.07, 6.45) is 3.37. The van der Waals surface area contributed by atoms with E-state index in [1.807, 2.05) is 30.3 Å². The van der Waals surface area contributed by atoms with E-state index in [1.165, 1.54) is 16.0 Å². The molecule has 0 bridgehead atoms. The maximum Gasteiger partial charge on any atom is 0.244 e. The Hall–Kier alpha value is -2.63. The summed E-state index contributed by atoms with van der Waals surface area (Å²) in [6, 6.07) is 15.9. The van der Waals surface area contributed by atoms with Gasteiger partial charge in [-0.05, 0) is 29.3 Å². The molecule has 2 aromatic rings. The third kappa shape index (κ3) is 5.94. The fourth-order valence-electron chi connectivity index (χ4n) is 3.14. The Balaban J connectivity index is 1.54. The number of ether oxygens (including phenoxy) is 2. The minimum Gasteiger partial charge on any atom is -0.497 e. The fraction of sp³-hybridized carbons (Fsp3) is 0.318. The predicted octanol–water partition coefficient (Wildman–Crippen LogP) is 1.44. The van der Waals surface area contributed by atoms with Crippen LogP contribution in [0.25, 0.3) is 6.08 Å². The van der Waals surface area contributed by atoms with Crippen LogP contribution >= 0.6 is 0 Å². The fourth-order valence-corrected chi connectivity index (χ4v) is 3.14. The molecule has 0 unspecified atom stereocenters. The van der Waals surface area contributed by atoms with Crippen LogP contribution in [-0.4, -0.2) is 39.3 Å². The first-order valence-electron chi connectivity index (χ1n) is 9.32. The zero-order valence-electron chi connectivity index (χ0n) is 15.7. The third-order valence-corrected chi connectivity index (χ3v) is 4.75. The van der Waals surface area contributed by atoms with Crippen LogP contribution in [-0.2, 0) is 22.6 Å². The summed E-state index contributed by atoms with van der Waals surface area (Å²) in [5.41, 5.74) is 3.42. The minimum atomic E-state index is -0.0978. The second-order valence-corrected chi connectivity index (χ2v) is 6.63. The number of quaternary nitrogens is 1. The molecule has 2 aromatic carbocycles. The van der Waals surface area contributed by atoms with Crippen LogP contribution < -0.4 is 15.0 Å². The SMILES string of the molecule is COc1ccc(/C=C/C(=O)NCc2ccccc2C[NH+]2CCOCC2)cc1. The first-order chi connectivity index (χ1) is 13.2. The van der Waals surface area contributed by atoms with Gasteiger partial charge in [-0.1, -0.05) is 36.4 Å². The number of amides is 1. The van der Waals surface area contributed by atoms with E-state index in [-0.39, 0.29) is 5.91 Å². The third-order valence-electron chi connectivity index (χ3n) is 4.75. The lowest BCUT2D eigenvalue weighted by molar-refractivity contribution is -0.921. The molecule has 0 atom stereocenters. The molecule has 5 nitrogen and oxygen atoms in total. The molecule has 27 heavy (non-hydrogen) atoms. The van der Waals surface area contributed by atoms with Crippen molar-refractivity contribution in [3.05, 3.63) is 71.3 Å². The lowest BCUT2D eigenvalue weighted by Gasteiger charge is -2.24. The van der Waals surface area contributed by atoms with E-state index in [0.29, 0.717) is 6.54 Å². The van der Waals surface area contributed by atoms with Crippen molar-refractivity contribution in [2.45, 2.75) is 13.1 Å². The predicted molar refractivity (Wildman–Crippen MR) is 106 cm³/mol. The number of carbonyl (C=O) groups excluding carboxylic acids is 1. The Kier molecular flexibility index (Phi) is 7.02. The lowest BCUT2D eigenvalue weighted by atomic mass is 10.1. The maximum atomic E-state index is 12.2. The van der Waals surface area contributed by atoms with Crippen molar-refractivity contribution in [1.82, 2.24) is 5.32 Å². The Morgan fingerprint density at radius 2 is 1.81 bits per heavy atom. The number of benzene rings is 2. The Bertz CT molecular complexity index is 765. The molecule has 1 aliphatic rings. The molecule has 0 aliphatic carbocycles. The van der Waals surface area contributed by atoms with Gasteiger partial charge in [-0.15, -0.1) is 0 Å². The van der Waals surface area contributed by atoms with E-state index in [1.54, 1.807) is 19.3 Å². The minimum absolute atomic E-state index is 0.0978. The Morgan fingerprint density at radius 3 is 2.52 bits per heavy atom. The van der Waals surface area contributed by atoms with Gasteiger partial charge in [-0.2, -0.15) is 0 Å². The maximum absolute atomic E-state index is 12.2. The highest BCUT2D eigenvalue weighted by Crippen LogP contribution is 2.12. The highest BCUT2D eigenvalue weighted by atomic mass is 16.5. The van der Waals surface area contributed by atoms with Gasteiger partial charge < -0.3 is 19.7 Å². The zero-order chi connectivity index (χ0) is 18.9. The molecule has 0 saturated carbocycles. The summed E-state index contributed by atoms with van der Waals surface area (Å²) in [5.74, 6) is 0.704. The van der Waals surface area contributed by atoms with Gasteiger partial charge in [0, 0.05) is 18.2 Å². The van der Waals surface area contributed by atoms with Crippen molar-refractivity contribution in [1.29, 1.82) is 0 Å². The molecule has 1 saturated heterocycles. The second-order valence-electron chi connectivity index (χ2n) is 6.63. The number of carbonyl (C=O) groups is 1. The number of methoxy groups -OCH3 is 1. The molecule has 5 heteroatoms. The number of morpholine rings is 1. The van der Waals surface area contributed by atoms with Crippen molar-refractivity contribution in [2.75, 3.05) is 33.4 Å². The monoisotopic (exact) mass is 367 g/mol. The molecule has 0 aromatic heterocycles. The van der Waals surface area contributed by atoms with E-state index < -0.39 is 0 Å². The first kappa shape index (κ1) is 19.1. The van der Waals surface area contributed by atoms with E-state index in [0.717, 1.165) is 44.2 Å². The molecule has 1 amide bonds. The van der Waals surface area contributed by atoms with Gasteiger partial charge in [-0.3, -0.25) is 4.79 Å². The molecule has 0 spiro atoms. The molecule has 1 heterocycles. The highest BCUT2D eigenvalue weighted by Gasteiger charge is 2.15. The van der Waals surface area contributed by atoms with E-state index in [9.17, 15) is 4.79 Å². The normalized spacial score (nSPS) is 15.0. The summed E-state index contributed by atoms with van der Waals surface area (Å²) in [6.45, 7) is 5.22. The zero-order valence-corrected chi connectivity index (χ0v) is 15.7. The largest absolute Gasteiger partial charge is 0.497 e. The summed E-state index contributed by atoms with van der Waals surface area (Å²) < 4.78 is 10.6. The molecular weight excluding hydrogens is 340 g/mol. The quantitative estimate of drug-likeness (QED) is 0.728. The van der Waals surface area contributed by atoms with Gasteiger partial charge in [0.2, 0.25) is 5.91 Å². The van der Waals surface area contributed by atoms with Crippen LogP contribution in [0.2, 0.25) is 0 Å². The van der Waals surface area contributed by atoms with Crippen LogP contribution in [0.4, 0.5) is 0 Å². The highest BCUT2D eigenvalue weighted by molar-refractivity contribution is 5.91. The average Bonchev–Trinajstić information content (AvgIpc) is 2.73. The summed E-state index contributed by atoms with van der Waals surface area (Å²) in [4.78, 5) is 13.7. The van der Waals surface area contributed by atoms with Crippen molar-refractivity contribution in [2.24, 2.45) is 0 Å². The topological polar surface area (TPSA) is 52.0 Å². The van der Waals surface area contributed by atoms with Crippen LogP contribution in [0.3, 0.4) is 0 Å². The van der Waals surface area contributed by atoms with Crippen LogP contribution in [0, 0.1) is 0 Å². The lowest BCUT2D eigenvalue weighted by Crippen LogP contribution is -3.12. The van der Waals surface area contributed by atoms with Gasteiger partial charge in [0.15, 0.2) is 0 Å². The molecule has 2 N–H and O–H groups in total. The van der Waals surface area contributed by atoms with Crippen LogP contribution in [0.1, 0.15) is 16.7 Å². The smallest absolute Gasteiger partial charge is 0.244 e. The first-order valence-corrected chi connectivity index (χ1v) is 9.32. The van der Waals surface area contributed by atoms with Gasteiger partial charge in [0.05, 0.1) is 20.3 Å². The summed E-state index contributed by atoms with van der Waals surface area (Å²) in [5, 5.41) is 2.99. The number of rotatable bonds is 7. The molecule has 1 aliphatic heterocycles. The summed E-state index contributed by atoms with van der Waals surface area (Å²) >= 11 is 0. The Labute approximate surface area is 160 Å². The Morgan fingerprint density at radius 1 is 1.11 bits per heavy atom. The van der Waals surface area contributed by atoms with Crippen LogP contribution in [0.15, 0.2) is 54.6 Å². The number of hydrogen-bond donors (Lipinski definition) is 2. The molecule has 142 valence electrons. The van der Waals surface area contributed by atoms with Crippen molar-refractivity contribution in [3.8, 4) is 5.75 Å². The molecular formula is C22H27N2O3+. The number of hydrogen-bond acceptors (Lipinski definition) is 3. The summed E-state index contributed by atoms with van der Waals surface area (Å²) in [7, 11) is 1.64. The van der Waals surface area contributed by atoms with Gasteiger partial charge in [0.1, 0.15) is 25.4 Å².